The van der Waals surface area contributed by atoms with Crippen LogP contribution in [0.1, 0.15) is 152 Å². The molecule has 0 unspecified atom stereocenters. The fourth-order valence-electron chi connectivity index (χ4n) is 4.63. The molecule has 0 heterocycles. The SMILES string of the molecule is CCCCCCCCCCCCCOc1c(CCCCCCCCCC)cc(O)c(O)c1C(=O)O. The normalized spacial score (nSPS) is 11.1. The lowest BCUT2D eigenvalue weighted by molar-refractivity contribution is 0.0687. The Bertz CT molecular complexity index is 686. The Kier molecular flexibility index (Phi) is 18.0. The molecule has 0 aliphatic rings. The van der Waals surface area contributed by atoms with Crippen molar-refractivity contribution in [2.45, 2.75) is 142 Å². The van der Waals surface area contributed by atoms with E-state index in [1.807, 2.05) is 0 Å². The van der Waals surface area contributed by atoms with Gasteiger partial charge in [-0.2, -0.15) is 0 Å². The molecule has 0 aliphatic heterocycles. The van der Waals surface area contributed by atoms with Crippen molar-refractivity contribution >= 4 is 5.97 Å². The summed E-state index contributed by atoms with van der Waals surface area (Å²) in [4.78, 5) is 11.8. The van der Waals surface area contributed by atoms with E-state index in [-0.39, 0.29) is 17.1 Å². The Labute approximate surface area is 214 Å². The quantitative estimate of drug-likeness (QED) is 0.105. The summed E-state index contributed by atoms with van der Waals surface area (Å²) in [6, 6.07) is 1.47. The molecule has 0 saturated heterocycles. The van der Waals surface area contributed by atoms with E-state index in [1.165, 1.54) is 89.5 Å². The van der Waals surface area contributed by atoms with E-state index in [0.29, 0.717) is 18.6 Å². The molecule has 202 valence electrons. The maximum atomic E-state index is 11.8. The average molecular weight is 493 g/mol. The molecular formula is C30H52O5. The molecule has 0 atom stereocenters. The average Bonchev–Trinajstić information content (AvgIpc) is 2.83. The third-order valence-corrected chi connectivity index (χ3v) is 6.82. The molecule has 5 heteroatoms. The first-order valence-corrected chi connectivity index (χ1v) is 14.5. The van der Waals surface area contributed by atoms with Gasteiger partial charge < -0.3 is 20.1 Å². The third kappa shape index (κ3) is 13.7. The van der Waals surface area contributed by atoms with Gasteiger partial charge >= 0.3 is 5.97 Å². The lowest BCUT2D eigenvalue weighted by Crippen LogP contribution is -2.08. The fraction of sp³-hybridized carbons (Fsp3) is 0.767. The van der Waals surface area contributed by atoms with Crippen LogP contribution in [0.2, 0.25) is 0 Å². The minimum absolute atomic E-state index is 0.225. The minimum atomic E-state index is -1.27. The van der Waals surface area contributed by atoms with Crippen LogP contribution in [-0.2, 0) is 6.42 Å². The number of phenolic OH excluding ortho intramolecular Hbond substituents is 1. The summed E-state index contributed by atoms with van der Waals surface area (Å²) in [6.45, 7) is 4.88. The van der Waals surface area contributed by atoms with Gasteiger partial charge in [0.25, 0.3) is 0 Å². The van der Waals surface area contributed by atoms with Gasteiger partial charge in [0.05, 0.1) is 6.61 Å². The highest BCUT2D eigenvalue weighted by Gasteiger charge is 2.24. The second-order valence-corrected chi connectivity index (χ2v) is 10.0. The van der Waals surface area contributed by atoms with Crippen LogP contribution in [0, 0.1) is 0 Å². The first kappa shape index (κ1) is 31.1. The number of benzene rings is 1. The number of carboxylic acid groups (broad SMARTS) is 1. The number of carbonyl (C=O) groups is 1. The monoisotopic (exact) mass is 492 g/mol. The predicted octanol–water partition coefficient (Wildman–Crippen LogP) is 9.17. The van der Waals surface area contributed by atoms with E-state index >= 15 is 0 Å². The molecule has 0 radical (unpaired) electrons. The molecule has 0 spiro atoms. The van der Waals surface area contributed by atoms with Crippen molar-refractivity contribution in [3.63, 3.8) is 0 Å². The van der Waals surface area contributed by atoms with Crippen molar-refractivity contribution in [1.82, 2.24) is 0 Å². The minimum Gasteiger partial charge on any atom is -0.504 e. The molecule has 35 heavy (non-hydrogen) atoms. The molecule has 5 nitrogen and oxygen atoms in total. The largest absolute Gasteiger partial charge is 0.504 e. The summed E-state index contributed by atoms with van der Waals surface area (Å²) in [5, 5.41) is 29.9. The van der Waals surface area contributed by atoms with Crippen molar-refractivity contribution in [1.29, 1.82) is 0 Å². The van der Waals surface area contributed by atoms with Gasteiger partial charge in [-0.15, -0.1) is 0 Å². The summed E-state index contributed by atoms with van der Waals surface area (Å²) in [6.07, 6.45) is 23.7. The van der Waals surface area contributed by atoms with Gasteiger partial charge in [0, 0.05) is 0 Å². The zero-order chi connectivity index (χ0) is 25.7. The molecule has 0 aliphatic carbocycles. The van der Waals surface area contributed by atoms with Crippen molar-refractivity contribution in [3.05, 3.63) is 17.2 Å². The van der Waals surface area contributed by atoms with E-state index in [1.54, 1.807) is 0 Å². The lowest BCUT2D eigenvalue weighted by atomic mass is 10.00. The molecule has 0 aromatic heterocycles. The van der Waals surface area contributed by atoms with Gasteiger partial charge in [0.15, 0.2) is 11.5 Å². The Balaban J connectivity index is 2.44. The number of aromatic hydroxyl groups is 2. The summed E-state index contributed by atoms with van der Waals surface area (Å²) in [7, 11) is 0. The first-order chi connectivity index (χ1) is 17.0. The lowest BCUT2D eigenvalue weighted by Gasteiger charge is -2.16. The Morgan fingerprint density at radius 3 is 1.57 bits per heavy atom. The molecule has 1 aromatic rings. The maximum Gasteiger partial charge on any atom is 0.343 e. The van der Waals surface area contributed by atoms with Crippen molar-refractivity contribution in [2.24, 2.45) is 0 Å². The van der Waals surface area contributed by atoms with Crippen molar-refractivity contribution < 1.29 is 24.9 Å². The van der Waals surface area contributed by atoms with Crippen molar-refractivity contribution in [2.75, 3.05) is 6.61 Å². The van der Waals surface area contributed by atoms with E-state index in [2.05, 4.69) is 13.8 Å². The summed E-state index contributed by atoms with van der Waals surface area (Å²) in [5.41, 5.74) is 0.356. The Morgan fingerprint density at radius 2 is 1.11 bits per heavy atom. The van der Waals surface area contributed by atoms with E-state index in [4.69, 9.17) is 4.74 Å². The number of aromatic carboxylic acids is 1. The summed E-state index contributed by atoms with van der Waals surface area (Å²) in [5.74, 6) is -2.04. The highest BCUT2D eigenvalue weighted by Crippen LogP contribution is 2.40. The number of aryl methyl sites for hydroxylation is 1. The zero-order valence-corrected chi connectivity index (χ0v) is 22.6. The molecule has 3 N–H and O–H groups in total. The number of phenols is 2. The van der Waals surface area contributed by atoms with Gasteiger partial charge in [0.1, 0.15) is 11.3 Å². The molecule has 0 bridgehead atoms. The van der Waals surface area contributed by atoms with Crippen LogP contribution in [-0.4, -0.2) is 27.9 Å². The van der Waals surface area contributed by atoms with Crippen LogP contribution in [0.3, 0.4) is 0 Å². The number of rotatable bonds is 23. The van der Waals surface area contributed by atoms with E-state index < -0.39 is 11.7 Å². The van der Waals surface area contributed by atoms with Crippen molar-refractivity contribution in [3.8, 4) is 17.2 Å². The summed E-state index contributed by atoms with van der Waals surface area (Å²) < 4.78 is 5.92. The van der Waals surface area contributed by atoms with Gasteiger partial charge in [-0.3, -0.25) is 0 Å². The Morgan fingerprint density at radius 1 is 0.686 bits per heavy atom. The smallest absolute Gasteiger partial charge is 0.343 e. The van der Waals surface area contributed by atoms with Crippen LogP contribution in [0.25, 0.3) is 0 Å². The number of hydrogen-bond acceptors (Lipinski definition) is 4. The van der Waals surface area contributed by atoms with Crippen LogP contribution in [0.4, 0.5) is 0 Å². The third-order valence-electron chi connectivity index (χ3n) is 6.82. The molecule has 0 fully saturated rings. The number of unbranched alkanes of at least 4 members (excludes halogenated alkanes) is 17. The van der Waals surface area contributed by atoms with Gasteiger partial charge in [-0.25, -0.2) is 4.79 Å². The molecular weight excluding hydrogens is 440 g/mol. The highest BCUT2D eigenvalue weighted by molar-refractivity contribution is 5.95. The standard InChI is InChI=1S/C30H52O5/c1-3-5-7-9-11-13-14-15-17-19-21-23-35-29-25(22-20-18-16-12-10-8-6-4-2)24-26(31)28(32)27(29)30(33)34/h24,31-32H,3-23H2,1-2H3,(H,33,34). The van der Waals surface area contributed by atoms with Crippen LogP contribution < -0.4 is 4.74 Å². The predicted molar refractivity (Wildman–Crippen MR) is 145 cm³/mol. The van der Waals surface area contributed by atoms with Crippen LogP contribution >= 0.6 is 0 Å². The highest BCUT2D eigenvalue weighted by atomic mass is 16.5. The topological polar surface area (TPSA) is 87.0 Å². The number of carboxylic acids is 1. The fourth-order valence-corrected chi connectivity index (χ4v) is 4.63. The van der Waals surface area contributed by atoms with Crippen LogP contribution in [0.15, 0.2) is 6.07 Å². The summed E-state index contributed by atoms with van der Waals surface area (Å²) >= 11 is 0. The van der Waals surface area contributed by atoms with E-state index in [9.17, 15) is 20.1 Å². The maximum absolute atomic E-state index is 11.8. The zero-order valence-electron chi connectivity index (χ0n) is 22.6. The van der Waals surface area contributed by atoms with Gasteiger partial charge in [-0.05, 0) is 30.9 Å². The second kappa shape index (κ2) is 20.3. The molecule has 0 amide bonds. The molecule has 1 rings (SSSR count). The molecule has 1 aromatic carbocycles. The van der Waals surface area contributed by atoms with Crippen LogP contribution in [0.5, 0.6) is 17.2 Å². The first-order valence-electron chi connectivity index (χ1n) is 14.5. The second-order valence-electron chi connectivity index (χ2n) is 10.0. The van der Waals surface area contributed by atoms with Gasteiger partial charge in [-0.1, -0.05) is 123 Å². The Hall–Kier alpha value is -1.91. The number of hydrogen-bond donors (Lipinski definition) is 3. The molecule has 0 saturated carbocycles. The number of ether oxygens (including phenoxy) is 1. The van der Waals surface area contributed by atoms with Gasteiger partial charge in [0.2, 0.25) is 0 Å². The van der Waals surface area contributed by atoms with E-state index in [0.717, 1.165) is 38.5 Å².